The molecule has 8 heteroatoms. The van der Waals surface area contributed by atoms with E-state index in [2.05, 4.69) is 4.72 Å². The van der Waals surface area contributed by atoms with Gasteiger partial charge in [-0.05, 0) is 31.0 Å². The summed E-state index contributed by atoms with van der Waals surface area (Å²) in [6.45, 7) is 1.45. The summed E-state index contributed by atoms with van der Waals surface area (Å²) in [5.74, 6) is -0.625. The predicted molar refractivity (Wildman–Crippen MR) is 78.6 cm³/mol. The van der Waals surface area contributed by atoms with Gasteiger partial charge in [0.05, 0.1) is 12.0 Å². The molecule has 0 aliphatic carbocycles. The van der Waals surface area contributed by atoms with Crippen LogP contribution in [0.1, 0.15) is 19.3 Å². The van der Waals surface area contributed by atoms with E-state index in [-0.39, 0.29) is 23.1 Å². The van der Waals surface area contributed by atoms with E-state index in [9.17, 15) is 17.6 Å². The summed E-state index contributed by atoms with van der Waals surface area (Å²) in [5, 5.41) is 0. The molecule has 2 rings (SSSR count). The average molecular weight is 330 g/mol. The fourth-order valence-corrected chi connectivity index (χ4v) is 3.40. The minimum atomic E-state index is -3.77. The number of methoxy groups -OCH3 is 1. The Kier molecular flexibility index (Phi) is 5.36. The Morgan fingerprint density at radius 1 is 1.41 bits per heavy atom. The highest BCUT2D eigenvalue weighted by Gasteiger charge is 2.20. The number of carbonyl (C=O) groups is 1. The summed E-state index contributed by atoms with van der Waals surface area (Å²) in [6.07, 6.45) is 1.94. The quantitative estimate of drug-likeness (QED) is 0.760. The third kappa shape index (κ3) is 3.95. The van der Waals surface area contributed by atoms with Gasteiger partial charge in [-0.1, -0.05) is 0 Å². The molecule has 0 spiro atoms. The number of sulfonamides is 1. The maximum Gasteiger partial charge on any atom is 0.240 e. The number of likely N-dealkylation sites (tertiary alicyclic amines) is 1. The number of amides is 1. The molecule has 0 atom stereocenters. The fraction of sp³-hybridized carbons (Fsp3) is 0.500. The molecule has 1 fully saturated rings. The van der Waals surface area contributed by atoms with Crippen LogP contribution in [0.25, 0.3) is 0 Å². The van der Waals surface area contributed by atoms with Crippen LogP contribution in [0, 0.1) is 5.82 Å². The molecule has 1 amide bonds. The zero-order valence-electron chi connectivity index (χ0n) is 12.3. The number of hydrogen-bond acceptors (Lipinski definition) is 4. The first-order chi connectivity index (χ1) is 10.4. The standard InChI is InChI=1S/C14H19FN2O4S/c1-21-13-6-5-11(10-12(13)15)22(19,20)16-7-3-9-17-8-2-4-14(17)18/h5-6,10,16H,2-4,7-9H2,1H3. The molecule has 1 saturated heterocycles. The van der Waals surface area contributed by atoms with Gasteiger partial charge in [-0.15, -0.1) is 0 Å². The first kappa shape index (κ1) is 16.7. The van der Waals surface area contributed by atoms with Crippen molar-refractivity contribution in [2.24, 2.45) is 0 Å². The molecule has 1 aliphatic heterocycles. The van der Waals surface area contributed by atoms with Crippen LogP contribution in [0.5, 0.6) is 5.75 Å². The van der Waals surface area contributed by atoms with E-state index in [1.54, 1.807) is 4.90 Å². The van der Waals surface area contributed by atoms with Crippen molar-refractivity contribution in [2.45, 2.75) is 24.2 Å². The smallest absolute Gasteiger partial charge is 0.240 e. The minimum absolute atomic E-state index is 0.00787. The van der Waals surface area contributed by atoms with Crippen LogP contribution in [0.4, 0.5) is 4.39 Å². The third-order valence-electron chi connectivity index (χ3n) is 3.50. The fourth-order valence-electron chi connectivity index (χ4n) is 2.31. The Morgan fingerprint density at radius 2 is 2.18 bits per heavy atom. The van der Waals surface area contributed by atoms with Gasteiger partial charge in [-0.25, -0.2) is 17.5 Å². The maximum atomic E-state index is 13.6. The van der Waals surface area contributed by atoms with Crippen molar-refractivity contribution in [1.29, 1.82) is 0 Å². The van der Waals surface area contributed by atoms with Crippen molar-refractivity contribution in [3.8, 4) is 5.75 Å². The molecule has 22 heavy (non-hydrogen) atoms. The Labute approximate surface area is 129 Å². The number of benzene rings is 1. The average Bonchev–Trinajstić information content (AvgIpc) is 2.89. The van der Waals surface area contributed by atoms with E-state index in [4.69, 9.17) is 4.74 Å². The lowest BCUT2D eigenvalue weighted by Crippen LogP contribution is -2.30. The highest BCUT2D eigenvalue weighted by atomic mass is 32.2. The van der Waals surface area contributed by atoms with Gasteiger partial charge in [-0.2, -0.15) is 0 Å². The maximum absolute atomic E-state index is 13.6. The molecule has 6 nitrogen and oxygen atoms in total. The number of nitrogens with zero attached hydrogens (tertiary/aromatic N) is 1. The van der Waals surface area contributed by atoms with Crippen molar-refractivity contribution in [3.63, 3.8) is 0 Å². The zero-order valence-corrected chi connectivity index (χ0v) is 13.2. The van der Waals surface area contributed by atoms with Gasteiger partial charge in [0.25, 0.3) is 0 Å². The summed E-state index contributed by atoms with van der Waals surface area (Å²) < 4.78 is 44.8. The largest absolute Gasteiger partial charge is 0.494 e. The summed E-state index contributed by atoms with van der Waals surface area (Å²) in [7, 11) is -2.46. The number of carbonyl (C=O) groups excluding carboxylic acids is 1. The van der Waals surface area contributed by atoms with Crippen molar-refractivity contribution in [2.75, 3.05) is 26.7 Å². The predicted octanol–water partition coefficient (Wildman–Crippen LogP) is 1.13. The van der Waals surface area contributed by atoms with E-state index in [0.29, 0.717) is 19.4 Å². The van der Waals surface area contributed by atoms with E-state index in [0.717, 1.165) is 19.0 Å². The highest BCUT2D eigenvalue weighted by molar-refractivity contribution is 7.89. The molecule has 1 N–H and O–H groups in total. The van der Waals surface area contributed by atoms with Crippen LogP contribution >= 0.6 is 0 Å². The second kappa shape index (κ2) is 7.06. The van der Waals surface area contributed by atoms with Gasteiger partial charge in [0.2, 0.25) is 15.9 Å². The first-order valence-corrected chi connectivity index (χ1v) is 8.53. The lowest BCUT2D eigenvalue weighted by atomic mass is 10.3. The molecule has 0 aromatic heterocycles. The Balaban J connectivity index is 1.88. The summed E-state index contributed by atoms with van der Waals surface area (Å²) >= 11 is 0. The molecule has 1 aliphatic rings. The summed E-state index contributed by atoms with van der Waals surface area (Å²) in [5.41, 5.74) is 0. The number of hydrogen-bond donors (Lipinski definition) is 1. The Bertz CT molecular complexity index is 648. The number of ether oxygens (including phenoxy) is 1. The molecule has 122 valence electrons. The molecule has 1 aromatic rings. The van der Waals surface area contributed by atoms with Gasteiger partial charge >= 0.3 is 0 Å². The van der Waals surface area contributed by atoms with Crippen LogP contribution < -0.4 is 9.46 Å². The zero-order chi connectivity index (χ0) is 16.2. The second-order valence-corrected chi connectivity index (χ2v) is 6.80. The van der Waals surface area contributed by atoms with Gasteiger partial charge in [0, 0.05) is 26.1 Å². The molecule has 0 saturated carbocycles. The first-order valence-electron chi connectivity index (χ1n) is 7.05. The molecule has 1 aromatic carbocycles. The topological polar surface area (TPSA) is 75.7 Å². The Morgan fingerprint density at radius 3 is 2.77 bits per heavy atom. The van der Waals surface area contributed by atoms with Crippen LogP contribution in [-0.2, 0) is 14.8 Å². The number of rotatable bonds is 7. The van der Waals surface area contributed by atoms with E-state index in [1.807, 2.05) is 0 Å². The molecule has 0 radical (unpaired) electrons. The molecule has 1 heterocycles. The second-order valence-electron chi connectivity index (χ2n) is 5.03. The van der Waals surface area contributed by atoms with Crippen molar-refractivity contribution < 1.29 is 22.3 Å². The minimum Gasteiger partial charge on any atom is -0.494 e. The number of nitrogens with one attached hydrogen (secondary N) is 1. The number of halogens is 1. The normalized spacial score (nSPS) is 15.4. The lowest BCUT2D eigenvalue weighted by molar-refractivity contribution is -0.127. The summed E-state index contributed by atoms with van der Waals surface area (Å²) in [6, 6.07) is 3.48. The van der Waals surface area contributed by atoms with Crippen molar-refractivity contribution in [3.05, 3.63) is 24.0 Å². The van der Waals surface area contributed by atoms with Gasteiger partial charge in [0.1, 0.15) is 0 Å². The van der Waals surface area contributed by atoms with E-state index < -0.39 is 15.8 Å². The van der Waals surface area contributed by atoms with E-state index >= 15 is 0 Å². The molecule has 0 bridgehead atoms. The van der Waals surface area contributed by atoms with Crippen LogP contribution in [0.2, 0.25) is 0 Å². The molecule has 0 unspecified atom stereocenters. The summed E-state index contributed by atoms with van der Waals surface area (Å²) in [4.78, 5) is 13.0. The van der Waals surface area contributed by atoms with Crippen LogP contribution in [0.15, 0.2) is 23.1 Å². The van der Waals surface area contributed by atoms with Gasteiger partial charge in [-0.3, -0.25) is 4.79 Å². The van der Waals surface area contributed by atoms with Gasteiger partial charge < -0.3 is 9.64 Å². The van der Waals surface area contributed by atoms with E-state index in [1.165, 1.54) is 19.2 Å². The van der Waals surface area contributed by atoms with Gasteiger partial charge in [0.15, 0.2) is 11.6 Å². The SMILES string of the molecule is COc1ccc(S(=O)(=O)NCCCN2CCCC2=O)cc1F. The lowest BCUT2D eigenvalue weighted by Gasteiger charge is -2.15. The van der Waals surface area contributed by atoms with Crippen LogP contribution in [-0.4, -0.2) is 46.0 Å². The monoisotopic (exact) mass is 330 g/mol. The third-order valence-corrected chi connectivity index (χ3v) is 4.96. The van der Waals surface area contributed by atoms with Crippen molar-refractivity contribution >= 4 is 15.9 Å². The molecular formula is C14H19FN2O4S. The Hall–Kier alpha value is -1.67. The van der Waals surface area contributed by atoms with Crippen LogP contribution in [0.3, 0.4) is 0 Å². The highest BCUT2D eigenvalue weighted by Crippen LogP contribution is 2.20. The van der Waals surface area contributed by atoms with Crippen molar-refractivity contribution in [1.82, 2.24) is 9.62 Å². The molecular weight excluding hydrogens is 311 g/mol.